The molecule has 0 unspecified atom stereocenters. The molecule has 7 nitrogen and oxygen atoms in total. The molecule has 0 radical (unpaired) electrons. The summed E-state index contributed by atoms with van der Waals surface area (Å²) in [7, 11) is 1.57. The van der Waals surface area contributed by atoms with E-state index in [0.29, 0.717) is 48.7 Å². The molecule has 3 aromatic carbocycles. The van der Waals surface area contributed by atoms with Gasteiger partial charge in [-0.3, -0.25) is 14.4 Å². The summed E-state index contributed by atoms with van der Waals surface area (Å²) in [4.78, 5) is 42.4. The number of nitrogens with zero attached hydrogens (tertiary/aromatic N) is 2. The standard InChI is InChI=1S/C29H28BrN3O4/c1-20(34)21-8-10-24(11-9-21)32-14-16-33(17-15-32)29(36)26(28(35)31-23-6-4-3-5-7-23)19-22-18-25(37-2)12-13-27(22)30/h3-13,18-19H,14-17H2,1-2H3,(H,31,35)/b26-19+. The Kier molecular flexibility index (Phi) is 8.40. The van der Waals surface area contributed by atoms with Gasteiger partial charge in [-0.1, -0.05) is 34.1 Å². The van der Waals surface area contributed by atoms with Gasteiger partial charge in [-0.15, -0.1) is 0 Å². The first kappa shape index (κ1) is 26.2. The third-order valence-corrected chi connectivity index (χ3v) is 6.94. The van der Waals surface area contributed by atoms with Crippen molar-refractivity contribution in [3.8, 4) is 5.75 Å². The number of hydrogen-bond donors (Lipinski definition) is 1. The maximum absolute atomic E-state index is 13.7. The van der Waals surface area contributed by atoms with Gasteiger partial charge in [0.1, 0.15) is 11.3 Å². The summed E-state index contributed by atoms with van der Waals surface area (Å²) in [6.45, 7) is 3.69. The maximum atomic E-state index is 13.7. The van der Waals surface area contributed by atoms with Crippen LogP contribution in [-0.2, 0) is 9.59 Å². The van der Waals surface area contributed by atoms with E-state index in [0.717, 1.165) is 10.2 Å². The summed E-state index contributed by atoms with van der Waals surface area (Å²) in [6, 6.07) is 21.9. The molecule has 1 aliphatic heterocycles. The van der Waals surface area contributed by atoms with Crippen LogP contribution in [0.25, 0.3) is 6.08 Å². The van der Waals surface area contributed by atoms with Gasteiger partial charge < -0.3 is 19.9 Å². The van der Waals surface area contributed by atoms with E-state index in [1.807, 2.05) is 48.5 Å². The number of ether oxygens (including phenoxy) is 1. The smallest absolute Gasteiger partial charge is 0.261 e. The molecule has 0 bridgehead atoms. The van der Waals surface area contributed by atoms with Crippen molar-refractivity contribution in [1.29, 1.82) is 0 Å². The topological polar surface area (TPSA) is 79.0 Å². The molecule has 190 valence electrons. The molecule has 0 spiro atoms. The fourth-order valence-corrected chi connectivity index (χ4v) is 4.47. The van der Waals surface area contributed by atoms with Crippen LogP contribution in [0.5, 0.6) is 5.75 Å². The van der Waals surface area contributed by atoms with E-state index in [9.17, 15) is 14.4 Å². The summed E-state index contributed by atoms with van der Waals surface area (Å²) >= 11 is 3.51. The first-order valence-electron chi connectivity index (χ1n) is 11.9. The average Bonchev–Trinajstić information content (AvgIpc) is 2.93. The summed E-state index contributed by atoms with van der Waals surface area (Å²) < 4.78 is 6.07. The third kappa shape index (κ3) is 6.46. The minimum Gasteiger partial charge on any atom is -0.497 e. The molecule has 1 heterocycles. The van der Waals surface area contributed by atoms with Crippen molar-refractivity contribution in [2.75, 3.05) is 43.5 Å². The minimum absolute atomic E-state index is 0.0257. The van der Waals surface area contributed by atoms with Crippen molar-refractivity contribution in [1.82, 2.24) is 4.90 Å². The molecule has 8 heteroatoms. The average molecular weight is 562 g/mol. The van der Waals surface area contributed by atoms with Crippen LogP contribution in [0, 0.1) is 0 Å². The van der Waals surface area contributed by atoms with Crippen molar-refractivity contribution in [3.63, 3.8) is 0 Å². The van der Waals surface area contributed by atoms with Gasteiger partial charge in [0.15, 0.2) is 5.78 Å². The monoisotopic (exact) mass is 561 g/mol. The number of para-hydroxylation sites is 1. The SMILES string of the molecule is COc1ccc(Br)c(/C=C(\C(=O)Nc2ccccc2)C(=O)N2CCN(c3ccc(C(C)=O)cc3)CC2)c1. The zero-order valence-electron chi connectivity index (χ0n) is 20.7. The Morgan fingerprint density at radius 1 is 0.919 bits per heavy atom. The maximum Gasteiger partial charge on any atom is 0.261 e. The normalized spacial score (nSPS) is 13.8. The Labute approximate surface area is 224 Å². The number of halogens is 1. The third-order valence-electron chi connectivity index (χ3n) is 6.22. The minimum atomic E-state index is -0.479. The molecule has 3 aromatic rings. The van der Waals surface area contributed by atoms with Gasteiger partial charge in [-0.2, -0.15) is 0 Å². The molecule has 4 rings (SSSR count). The molecule has 1 fully saturated rings. The Balaban J connectivity index is 1.55. The van der Waals surface area contributed by atoms with Crippen LogP contribution in [0.15, 0.2) is 82.8 Å². The first-order chi connectivity index (χ1) is 17.9. The van der Waals surface area contributed by atoms with Gasteiger partial charge >= 0.3 is 0 Å². The highest BCUT2D eigenvalue weighted by molar-refractivity contribution is 9.10. The number of ketones is 1. The zero-order chi connectivity index (χ0) is 26.4. The Hall–Kier alpha value is -3.91. The lowest BCUT2D eigenvalue weighted by Gasteiger charge is -2.36. The van der Waals surface area contributed by atoms with Gasteiger partial charge in [0, 0.05) is 47.6 Å². The molecule has 37 heavy (non-hydrogen) atoms. The molecular weight excluding hydrogens is 534 g/mol. The highest BCUT2D eigenvalue weighted by Gasteiger charge is 2.28. The molecule has 0 atom stereocenters. The number of benzene rings is 3. The summed E-state index contributed by atoms with van der Waals surface area (Å²) in [5.74, 6) is -0.172. The van der Waals surface area contributed by atoms with Crippen LogP contribution in [0.3, 0.4) is 0 Å². The second-order valence-electron chi connectivity index (χ2n) is 8.65. The molecule has 0 saturated carbocycles. The number of hydrogen-bond acceptors (Lipinski definition) is 5. The quantitative estimate of drug-likeness (QED) is 0.189. The molecule has 2 amide bonds. The molecule has 0 aliphatic carbocycles. The van der Waals surface area contributed by atoms with E-state index in [-0.39, 0.29) is 17.3 Å². The molecule has 1 saturated heterocycles. The predicted molar refractivity (Wildman–Crippen MR) is 149 cm³/mol. The summed E-state index contributed by atoms with van der Waals surface area (Å²) in [6.07, 6.45) is 1.60. The number of carbonyl (C=O) groups is 3. The van der Waals surface area contributed by atoms with Crippen LogP contribution in [0.2, 0.25) is 0 Å². The fourth-order valence-electron chi connectivity index (χ4n) is 4.10. The van der Waals surface area contributed by atoms with Gasteiger partial charge in [-0.25, -0.2) is 0 Å². The molecule has 1 N–H and O–H groups in total. The number of nitrogens with one attached hydrogen (secondary N) is 1. The number of anilines is 2. The van der Waals surface area contributed by atoms with E-state index in [1.54, 1.807) is 49.3 Å². The van der Waals surface area contributed by atoms with Crippen LogP contribution in [0.4, 0.5) is 11.4 Å². The van der Waals surface area contributed by atoms with Crippen LogP contribution < -0.4 is 15.0 Å². The van der Waals surface area contributed by atoms with Crippen LogP contribution >= 0.6 is 15.9 Å². The number of amides is 2. The van der Waals surface area contributed by atoms with Crippen molar-refractivity contribution in [2.45, 2.75) is 6.92 Å². The lowest BCUT2D eigenvalue weighted by molar-refractivity contribution is -0.129. The second kappa shape index (κ2) is 11.9. The van der Waals surface area contributed by atoms with E-state index in [2.05, 4.69) is 26.1 Å². The number of piperazine rings is 1. The van der Waals surface area contributed by atoms with Gasteiger partial charge in [-0.05, 0) is 73.2 Å². The van der Waals surface area contributed by atoms with Crippen molar-refractivity contribution in [3.05, 3.63) is 94.0 Å². The first-order valence-corrected chi connectivity index (χ1v) is 12.7. The number of carbonyl (C=O) groups excluding carboxylic acids is 3. The number of Topliss-reactive ketones (excluding diaryl/α,β-unsaturated/α-hetero) is 1. The lowest BCUT2D eigenvalue weighted by Crippen LogP contribution is -2.50. The van der Waals surface area contributed by atoms with E-state index >= 15 is 0 Å². The highest BCUT2D eigenvalue weighted by atomic mass is 79.9. The number of rotatable bonds is 7. The fraction of sp³-hybridized carbons (Fsp3) is 0.207. The Morgan fingerprint density at radius 3 is 2.22 bits per heavy atom. The van der Waals surface area contributed by atoms with E-state index in [1.165, 1.54) is 0 Å². The zero-order valence-corrected chi connectivity index (χ0v) is 22.3. The van der Waals surface area contributed by atoms with Crippen LogP contribution in [0.1, 0.15) is 22.8 Å². The van der Waals surface area contributed by atoms with Gasteiger partial charge in [0.05, 0.1) is 7.11 Å². The Morgan fingerprint density at radius 2 is 1.59 bits per heavy atom. The Bertz CT molecular complexity index is 1310. The van der Waals surface area contributed by atoms with E-state index < -0.39 is 5.91 Å². The molecule has 1 aliphatic rings. The lowest BCUT2D eigenvalue weighted by atomic mass is 10.1. The van der Waals surface area contributed by atoms with Gasteiger partial charge in [0.25, 0.3) is 11.8 Å². The number of methoxy groups -OCH3 is 1. The van der Waals surface area contributed by atoms with Gasteiger partial charge in [0.2, 0.25) is 0 Å². The summed E-state index contributed by atoms with van der Waals surface area (Å²) in [5.41, 5.74) is 2.97. The summed E-state index contributed by atoms with van der Waals surface area (Å²) in [5, 5.41) is 2.84. The van der Waals surface area contributed by atoms with Crippen molar-refractivity contribution < 1.29 is 19.1 Å². The predicted octanol–water partition coefficient (Wildman–Crippen LogP) is 5.03. The molecular formula is C29H28BrN3O4. The molecule has 0 aromatic heterocycles. The van der Waals surface area contributed by atoms with Crippen LogP contribution in [-0.4, -0.2) is 55.8 Å². The van der Waals surface area contributed by atoms with Crippen molar-refractivity contribution >= 4 is 51.0 Å². The largest absolute Gasteiger partial charge is 0.497 e. The van der Waals surface area contributed by atoms with E-state index in [4.69, 9.17) is 4.74 Å². The second-order valence-corrected chi connectivity index (χ2v) is 9.50. The highest BCUT2D eigenvalue weighted by Crippen LogP contribution is 2.26. The van der Waals surface area contributed by atoms with Crippen molar-refractivity contribution in [2.24, 2.45) is 0 Å².